The lowest BCUT2D eigenvalue weighted by molar-refractivity contribution is -0.163. The number of ether oxygens (including phenoxy) is 1. The third-order valence-electron chi connectivity index (χ3n) is 1.26. The van der Waals surface area contributed by atoms with E-state index in [0.29, 0.717) is 0 Å². The lowest BCUT2D eigenvalue weighted by atomic mass is 10.1. The van der Waals surface area contributed by atoms with Crippen LogP contribution < -0.4 is 0 Å². The van der Waals surface area contributed by atoms with Crippen LogP contribution in [0.5, 0.6) is 0 Å². The summed E-state index contributed by atoms with van der Waals surface area (Å²) in [5, 5.41) is 8.58. The van der Waals surface area contributed by atoms with Crippen LogP contribution >= 0.6 is 0 Å². The van der Waals surface area contributed by atoms with Gasteiger partial charge in [-0.1, -0.05) is 20.4 Å². The first-order valence-electron chi connectivity index (χ1n) is 3.55. The second kappa shape index (κ2) is 4.54. The number of carbonyl (C=O) groups excluding carboxylic acids is 1. The third kappa shape index (κ3) is 3.18. The molecule has 0 fully saturated rings. The number of hydrogen-bond acceptors (Lipinski definition) is 3. The monoisotopic (exact) mass is 172 g/mol. The summed E-state index contributed by atoms with van der Waals surface area (Å²) >= 11 is 0. The van der Waals surface area contributed by atoms with Crippen LogP contribution in [0.3, 0.4) is 0 Å². The quantitative estimate of drug-likeness (QED) is 0.503. The smallest absolute Gasteiger partial charge is 0.345 e. The molecule has 68 valence electrons. The molecule has 0 rings (SSSR count). The first kappa shape index (κ1) is 10.7. The lowest BCUT2D eigenvalue weighted by Crippen LogP contribution is -2.31. The van der Waals surface area contributed by atoms with E-state index in [0.717, 1.165) is 6.08 Å². The number of aliphatic carboxylic acids is 1. The fourth-order valence-corrected chi connectivity index (χ4v) is 0.645. The van der Waals surface area contributed by atoms with Crippen molar-refractivity contribution in [2.45, 2.75) is 20.0 Å². The van der Waals surface area contributed by atoms with E-state index in [4.69, 9.17) is 5.11 Å². The summed E-state index contributed by atoms with van der Waals surface area (Å²) in [5.74, 6) is -2.09. The van der Waals surface area contributed by atoms with Crippen LogP contribution in [-0.2, 0) is 14.3 Å². The van der Waals surface area contributed by atoms with Crippen molar-refractivity contribution in [3.63, 3.8) is 0 Å². The van der Waals surface area contributed by atoms with E-state index in [1.165, 1.54) is 0 Å². The van der Waals surface area contributed by atoms with E-state index in [-0.39, 0.29) is 5.92 Å². The molecule has 0 radical (unpaired) electrons. The van der Waals surface area contributed by atoms with Gasteiger partial charge in [-0.2, -0.15) is 0 Å². The van der Waals surface area contributed by atoms with E-state index in [1.807, 2.05) is 0 Å². The summed E-state index contributed by atoms with van der Waals surface area (Å²) in [6.07, 6.45) is -0.145. The van der Waals surface area contributed by atoms with Gasteiger partial charge in [-0.05, 0) is 0 Å². The molecule has 4 nitrogen and oxygen atoms in total. The molecule has 1 atom stereocenters. The van der Waals surface area contributed by atoms with E-state index < -0.39 is 18.0 Å². The third-order valence-corrected chi connectivity index (χ3v) is 1.26. The number of hydrogen-bond donors (Lipinski definition) is 1. The summed E-state index contributed by atoms with van der Waals surface area (Å²) in [6.45, 7) is 6.49. The predicted molar refractivity (Wildman–Crippen MR) is 42.6 cm³/mol. The fraction of sp³-hybridized carbons (Fsp3) is 0.500. The van der Waals surface area contributed by atoms with Crippen LogP contribution in [0.4, 0.5) is 0 Å². The molecule has 0 aromatic rings. The SMILES string of the molecule is C=CC(=O)OC(C(=O)O)C(C)C. The fourth-order valence-electron chi connectivity index (χ4n) is 0.645. The number of rotatable bonds is 4. The Hall–Kier alpha value is -1.32. The lowest BCUT2D eigenvalue weighted by Gasteiger charge is -2.15. The maximum atomic E-state index is 10.6. The second-order valence-corrected chi connectivity index (χ2v) is 2.64. The van der Waals surface area contributed by atoms with Gasteiger partial charge >= 0.3 is 11.9 Å². The molecule has 0 saturated carbocycles. The predicted octanol–water partition coefficient (Wildman–Crippen LogP) is 0.825. The molecule has 0 aromatic carbocycles. The van der Waals surface area contributed by atoms with Gasteiger partial charge in [0.2, 0.25) is 6.10 Å². The average molecular weight is 172 g/mol. The van der Waals surface area contributed by atoms with Gasteiger partial charge in [0.25, 0.3) is 0 Å². The van der Waals surface area contributed by atoms with Crippen molar-refractivity contribution in [3.8, 4) is 0 Å². The van der Waals surface area contributed by atoms with Crippen molar-refractivity contribution >= 4 is 11.9 Å². The van der Waals surface area contributed by atoms with Crippen LogP contribution in [0.25, 0.3) is 0 Å². The van der Waals surface area contributed by atoms with Gasteiger partial charge in [0.05, 0.1) is 0 Å². The minimum Gasteiger partial charge on any atom is -0.478 e. The van der Waals surface area contributed by atoms with E-state index >= 15 is 0 Å². The number of carboxylic acids is 1. The Morgan fingerprint density at radius 3 is 2.25 bits per heavy atom. The Morgan fingerprint density at radius 1 is 1.50 bits per heavy atom. The van der Waals surface area contributed by atoms with Gasteiger partial charge in [-0.3, -0.25) is 0 Å². The summed E-state index contributed by atoms with van der Waals surface area (Å²) in [5.41, 5.74) is 0. The number of esters is 1. The molecular formula is C8H12O4. The van der Waals surface area contributed by atoms with E-state index in [1.54, 1.807) is 13.8 Å². The average Bonchev–Trinajstić information content (AvgIpc) is 1.98. The van der Waals surface area contributed by atoms with Crippen LogP contribution in [0, 0.1) is 5.92 Å². The highest BCUT2D eigenvalue weighted by Crippen LogP contribution is 2.06. The van der Waals surface area contributed by atoms with E-state index in [2.05, 4.69) is 11.3 Å². The topological polar surface area (TPSA) is 63.6 Å². The summed E-state index contributed by atoms with van der Waals surface area (Å²) in [6, 6.07) is 0. The minimum atomic E-state index is -1.14. The van der Waals surface area contributed by atoms with E-state index in [9.17, 15) is 9.59 Å². The molecule has 0 spiro atoms. The largest absolute Gasteiger partial charge is 0.478 e. The van der Waals surface area contributed by atoms with Gasteiger partial charge in [-0.15, -0.1) is 0 Å². The highest BCUT2D eigenvalue weighted by molar-refractivity contribution is 5.84. The maximum absolute atomic E-state index is 10.6. The maximum Gasteiger partial charge on any atom is 0.345 e. The summed E-state index contributed by atoms with van der Waals surface area (Å²) in [7, 11) is 0. The molecule has 0 aromatic heterocycles. The molecule has 0 bridgehead atoms. The molecule has 4 heteroatoms. The van der Waals surface area contributed by atoms with Crippen LogP contribution in [0.1, 0.15) is 13.8 Å². The van der Waals surface area contributed by atoms with Crippen LogP contribution in [-0.4, -0.2) is 23.1 Å². The Balaban J connectivity index is 4.23. The highest BCUT2D eigenvalue weighted by Gasteiger charge is 2.24. The van der Waals surface area contributed by atoms with Crippen molar-refractivity contribution in [1.29, 1.82) is 0 Å². The van der Waals surface area contributed by atoms with Crippen molar-refractivity contribution in [2.24, 2.45) is 5.92 Å². The van der Waals surface area contributed by atoms with Crippen molar-refractivity contribution in [1.82, 2.24) is 0 Å². The minimum absolute atomic E-state index is 0.244. The molecule has 0 heterocycles. The normalized spacial score (nSPS) is 12.2. The first-order chi connectivity index (χ1) is 5.49. The second-order valence-electron chi connectivity index (χ2n) is 2.64. The molecule has 0 amide bonds. The van der Waals surface area contributed by atoms with Crippen molar-refractivity contribution in [2.75, 3.05) is 0 Å². The Morgan fingerprint density at radius 2 is 2.00 bits per heavy atom. The highest BCUT2D eigenvalue weighted by atomic mass is 16.6. The summed E-state index contributed by atoms with van der Waals surface area (Å²) in [4.78, 5) is 21.1. The van der Waals surface area contributed by atoms with Crippen molar-refractivity contribution in [3.05, 3.63) is 12.7 Å². The van der Waals surface area contributed by atoms with Gasteiger partial charge in [0.1, 0.15) is 0 Å². The Labute approximate surface area is 70.8 Å². The van der Waals surface area contributed by atoms with Gasteiger partial charge in [0, 0.05) is 12.0 Å². The molecule has 1 unspecified atom stereocenters. The van der Waals surface area contributed by atoms with Gasteiger partial charge in [-0.25, -0.2) is 9.59 Å². The standard InChI is InChI=1S/C8H12O4/c1-4-6(9)12-7(5(2)3)8(10)11/h4-5,7H,1H2,2-3H3,(H,10,11). The molecule has 1 N–H and O–H groups in total. The van der Waals surface area contributed by atoms with Crippen LogP contribution in [0.15, 0.2) is 12.7 Å². The molecule has 0 saturated heterocycles. The zero-order chi connectivity index (χ0) is 9.72. The van der Waals surface area contributed by atoms with Crippen LogP contribution in [0.2, 0.25) is 0 Å². The first-order valence-corrected chi connectivity index (χ1v) is 3.55. The Bertz CT molecular complexity index is 195. The molecule has 0 aliphatic carbocycles. The van der Waals surface area contributed by atoms with Gasteiger partial charge in [0.15, 0.2) is 0 Å². The number of carbonyl (C=O) groups is 2. The molecule has 0 aliphatic rings. The van der Waals surface area contributed by atoms with Gasteiger partial charge < -0.3 is 9.84 Å². The molecular weight excluding hydrogens is 160 g/mol. The zero-order valence-corrected chi connectivity index (χ0v) is 7.11. The van der Waals surface area contributed by atoms with Crippen molar-refractivity contribution < 1.29 is 19.4 Å². The molecule has 12 heavy (non-hydrogen) atoms. The Kier molecular flexibility index (Phi) is 4.04. The zero-order valence-electron chi connectivity index (χ0n) is 7.11. The number of carboxylic acid groups (broad SMARTS) is 1. The molecule has 0 aliphatic heterocycles. The summed E-state index contributed by atoms with van der Waals surface area (Å²) < 4.78 is 4.57.